The molecule has 0 aliphatic rings. The van der Waals surface area contributed by atoms with Crippen molar-refractivity contribution in [2.75, 3.05) is 0 Å². The number of nitrogens with two attached hydrogens (primary N) is 1. The van der Waals surface area contributed by atoms with Crippen LogP contribution in [0.15, 0.2) is 16.7 Å². The van der Waals surface area contributed by atoms with Gasteiger partial charge in [0.15, 0.2) is 0 Å². The van der Waals surface area contributed by atoms with E-state index in [1.54, 1.807) is 6.92 Å². The predicted molar refractivity (Wildman–Crippen MR) is 60.8 cm³/mol. The van der Waals surface area contributed by atoms with Crippen molar-refractivity contribution in [2.24, 2.45) is 5.73 Å². The highest BCUT2D eigenvalue weighted by Crippen LogP contribution is 2.07. The number of furan rings is 1. The maximum absolute atomic E-state index is 11.7. The van der Waals surface area contributed by atoms with Crippen LogP contribution in [-0.4, -0.2) is 28.9 Å². The van der Waals surface area contributed by atoms with E-state index >= 15 is 0 Å². The Hall–Kier alpha value is -2.31. The van der Waals surface area contributed by atoms with E-state index in [9.17, 15) is 14.4 Å². The third-order valence-corrected chi connectivity index (χ3v) is 2.28. The second kappa shape index (κ2) is 5.85. The van der Waals surface area contributed by atoms with Crippen LogP contribution < -0.4 is 11.1 Å². The molecule has 0 aromatic carbocycles. The van der Waals surface area contributed by atoms with Gasteiger partial charge in [0.1, 0.15) is 18.1 Å². The van der Waals surface area contributed by atoms with Crippen molar-refractivity contribution in [3.05, 3.63) is 23.7 Å². The minimum absolute atomic E-state index is 0.0484. The maximum Gasteiger partial charge on any atom is 0.326 e. The Labute approximate surface area is 103 Å². The van der Waals surface area contributed by atoms with Crippen LogP contribution in [0.25, 0.3) is 0 Å². The van der Waals surface area contributed by atoms with Gasteiger partial charge in [-0.3, -0.25) is 9.59 Å². The van der Waals surface area contributed by atoms with Crippen LogP contribution >= 0.6 is 0 Å². The zero-order valence-electron chi connectivity index (χ0n) is 9.80. The van der Waals surface area contributed by atoms with Gasteiger partial charge in [0.05, 0.1) is 5.56 Å². The smallest absolute Gasteiger partial charge is 0.326 e. The normalized spacial score (nSPS) is 11.8. The molecule has 18 heavy (non-hydrogen) atoms. The minimum Gasteiger partial charge on any atom is -0.480 e. The average molecular weight is 254 g/mol. The number of hydrogen-bond donors (Lipinski definition) is 3. The summed E-state index contributed by atoms with van der Waals surface area (Å²) in [5, 5.41) is 11.2. The van der Waals surface area contributed by atoms with Gasteiger partial charge in [-0.25, -0.2) is 4.79 Å². The molecule has 0 aliphatic carbocycles. The van der Waals surface area contributed by atoms with Gasteiger partial charge in [-0.1, -0.05) is 0 Å². The summed E-state index contributed by atoms with van der Waals surface area (Å²) >= 11 is 0. The van der Waals surface area contributed by atoms with Gasteiger partial charge in [-0.2, -0.15) is 0 Å². The zero-order chi connectivity index (χ0) is 13.7. The molecule has 0 saturated heterocycles. The fourth-order valence-electron chi connectivity index (χ4n) is 1.35. The van der Waals surface area contributed by atoms with Crippen molar-refractivity contribution in [3.8, 4) is 0 Å². The number of aliphatic carboxylic acids is 1. The Morgan fingerprint density at radius 3 is 2.61 bits per heavy atom. The van der Waals surface area contributed by atoms with E-state index in [-0.39, 0.29) is 18.4 Å². The number of carboxylic acids is 1. The minimum atomic E-state index is -1.22. The highest BCUT2D eigenvalue weighted by molar-refractivity contribution is 5.96. The zero-order valence-corrected chi connectivity index (χ0v) is 9.80. The first kappa shape index (κ1) is 13.8. The molecule has 0 aliphatic heterocycles. The van der Waals surface area contributed by atoms with Crippen molar-refractivity contribution in [3.63, 3.8) is 0 Å². The predicted octanol–water partition coefficient (Wildman–Crippen LogP) is 0.0365. The van der Waals surface area contributed by atoms with Crippen LogP contribution in [-0.2, 0) is 9.59 Å². The lowest BCUT2D eigenvalue weighted by atomic mass is 10.1. The van der Waals surface area contributed by atoms with Gasteiger partial charge in [-0.15, -0.1) is 0 Å². The number of carboxylic acid groups (broad SMARTS) is 1. The topological polar surface area (TPSA) is 123 Å². The summed E-state index contributed by atoms with van der Waals surface area (Å²) in [7, 11) is 0. The van der Waals surface area contributed by atoms with E-state index in [2.05, 4.69) is 5.32 Å². The molecule has 0 fully saturated rings. The van der Waals surface area contributed by atoms with E-state index in [1.807, 2.05) is 0 Å². The quantitative estimate of drug-likeness (QED) is 0.661. The molecule has 1 rings (SSSR count). The first-order chi connectivity index (χ1) is 8.40. The monoisotopic (exact) mass is 254 g/mol. The number of primary amides is 1. The fourth-order valence-corrected chi connectivity index (χ4v) is 1.35. The van der Waals surface area contributed by atoms with Crippen molar-refractivity contribution < 1.29 is 23.9 Å². The van der Waals surface area contributed by atoms with E-state index in [0.29, 0.717) is 5.76 Å². The number of carbonyl (C=O) groups excluding carboxylic acids is 2. The number of hydrogen-bond acceptors (Lipinski definition) is 4. The molecule has 98 valence electrons. The van der Waals surface area contributed by atoms with E-state index < -0.39 is 23.8 Å². The first-order valence-corrected chi connectivity index (χ1v) is 5.27. The molecule has 1 aromatic rings. The van der Waals surface area contributed by atoms with Crippen molar-refractivity contribution in [1.82, 2.24) is 5.32 Å². The van der Waals surface area contributed by atoms with Gasteiger partial charge in [0.2, 0.25) is 5.91 Å². The Kier molecular flexibility index (Phi) is 4.47. The lowest BCUT2D eigenvalue weighted by Crippen LogP contribution is -2.41. The number of aryl methyl sites for hydroxylation is 1. The fraction of sp³-hybridized carbons (Fsp3) is 0.364. The molecular formula is C11H14N2O5. The SMILES string of the molecule is Cc1cc(C(=O)NC(CCC(N)=O)C(=O)O)co1. The van der Waals surface area contributed by atoms with E-state index in [4.69, 9.17) is 15.3 Å². The summed E-state index contributed by atoms with van der Waals surface area (Å²) in [5.41, 5.74) is 5.16. The van der Waals surface area contributed by atoms with Crippen LogP contribution in [0.2, 0.25) is 0 Å². The number of amides is 2. The van der Waals surface area contributed by atoms with Gasteiger partial charge < -0.3 is 20.6 Å². The molecule has 0 saturated carbocycles. The Morgan fingerprint density at radius 2 is 2.17 bits per heavy atom. The van der Waals surface area contributed by atoms with Crippen LogP contribution in [0, 0.1) is 6.92 Å². The van der Waals surface area contributed by atoms with Gasteiger partial charge >= 0.3 is 5.97 Å². The Bertz CT molecular complexity index is 466. The lowest BCUT2D eigenvalue weighted by molar-refractivity contribution is -0.139. The Morgan fingerprint density at radius 1 is 1.50 bits per heavy atom. The molecule has 1 unspecified atom stereocenters. The van der Waals surface area contributed by atoms with Crippen molar-refractivity contribution in [1.29, 1.82) is 0 Å². The summed E-state index contributed by atoms with van der Waals surface area (Å²) in [6, 6.07) is 0.336. The number of carbonyl (C=O) groups is 3. The van der Waals surface area contributed by atoms with Crippen molar-refractivity contribution >= 4 is 17.8 Å². The summed E-state index contributed by atoms with van der Waals surface area (Å²) < 4.78 is 4.94. The van der Waals surface area contributed by atoms with Crippen LogP contribution in [0.4, 0.5) is 0 Å². The Balaban J connectivity index is 2.63. The average Bonchev–Trinajstić information content (AvgIpc) is 2.70. The van der Waals surface area contributed by atoms with Gasteiger partial charge in [0.25, 0.3) is 5.91 Å². The number of rotatable bonds is 6. The summed E-state index contributed by atoms with van der Waals surface area (Å²) in [5.74, 6) is -1.85. The highest BCUT2D eigenvalue weighted by Gasteiger charge is 2.21. The molecular weight excluding hydrogens is 240 g/mol. The molecule has 0 bridgehead atoms. The summed E-state index contributed by atoms with van der Waals surface area (Å²) in [6.07, 6.45) is 1.08. The molecule has 2 amide bonds. The van der Waals surface area contributed by atoms with E-state index in [1.165, 1.54) is 12.3 Å². The van der Waals surface area contributed by atoms with Gasteiger partial charge in [-0.05, 0) is 19.4 Å². The lowest BCUT2D eigenvalue weighted by Gasteiger charge is -2.12. The van der Waals surface area contributed by atoms with Crippen LogP contribution in [0.3, 0.4) is 0 Å². The van der Waals surface area contributed by atoms with Crippen LogP contribution in [0.1, 0.15) is 29.0 Å². The molecule has 7 nitrogen and oxygen atoms in total. The number of nitrogens with one attached hydrogen (secondary N) is 1. The third-order valence-electron chi connectivity index (χ3n) is 2.28. The second-order valence-corrected chi connectivity index (χ2v) is 3.82. The van der Waals surface area contributed by atoms with Crippen molar-refractivity contribution in [2.45, 2.75) is 25.8 Å². The largest absolute Gasteiger partial charge is 0.480 e. The molecule has 7 heteroatoms. The molecule has 4 N–H and O–H groups in total. The maximum atomic E-state index is 11.7. The van der Waals surface area contributed by atoms with Gasteiger partial charge in [0, 0.05) is 6.42 Å². The molecule has 1 aromatic heterocycles. The molecule has 0 radical (unpaired) electrons. The highest BCUT2D eigenvalue weighted by atomic mass is 16.4. The summed E-state index contributed by atoms with van der Waals surface area (Å²) in [6.45, 7) is 1.67. The molecule has 1 heterocycles. The summed E-state index contributed by atoms with van der Waals surface area (Å²) in [4.78, 5) is 33.1. The van der Waals surface area contributed by atoms with Crippen LogP contribution in [0.5, 0.6) is 0 Å². The standard InChI is InChI=1S/C11H14N2O5/c1-6-4-7(5-18-6)10(15)13-8(11(16)17)2-3-9(12)14/h4-5,8H,2-3H2,1H3,(H2,12,14)(H,13,15)(H,16,17). The first-order valence-electron chi connectivity index (χ1n) is 5.27. The molecule has 1 atom stereocenters. The second-order valence-electron chi connectivity index (χ2n) is 3.82. The van der Waals surface area contributed by atoms with E-state index in [0.717, 1.165) is 0 Å². The molecule has 0 spiro atoms. The third kappa shape index (κ3) is 3.93.